The van der Waals surface area contributed by atoms with E-state index in [0.29, 0.717) is 11.3 Å². The third kappa shape index (κ3) is 2.20. The maximum atomic E-state index is 4.73. The van der Waals surface area contributed by atoms with E-state index in [9.17, 15) is 0 Å². The van der Waals surface area contributed by atoms with Crippen molar-refractivity contribution in [2.45, 2.75) is 45.4 Å². The number of fused-ring (bicyclic) bond motifs is 1. The molecule has 2 heterocycles. The molecule has 2 aromatic rings. The van der Waals surface area contributed by atoms with Gasteiger partial charge in [-0.2, -0.15) is 0 Å². The Kier molecular flexibility index (Phi) is 2.96. The monoisotopic (exact) mass is 258 g/mol. The first-order chi connectivity index (χ1) is 9.10. The van der Waals surface area contributed by atoms with Crippen molar-refractivity contribution in [3.63, 3.8) is 0 Å². The van der Waals surface area contributed by atoms with Crippen LogP contribution < -0.4 is 5.32 Å². The molecule has 102 valence electrons. The van der Waals surface area contributed by atoms with Crippen LogP contribution in [0.3, 0.4) is 0 Å². The molecule has 0 bridgehead atoms. The molecule has 1 aliphatic carbocycles. The summed E-state index contributed by atoms with van der Waals surface area (Å²) in [6, 6.07) is 4.04. The van der Waals surface area contributed by atoms with Gasteiger partial charge in [-0.15, -0.1) is 0 Å². The summed E-state index contributed by atoms with van der Waals surface area (Å²) < 4.78 is 0. The minimum absolute atomic E-state index is 0.331. The summed E-state index contributed by atoms with van der Waals surface area (Å²) >= 11 is 0. The zero-order valence-corrected chi connectivity index (χ0v) is 12.0. The number of imidazole rings is 1. The molecule has 0 radical (unpaired) electrons. The van der Waals surface area contributed by atoms with E-state index in [2.05, 4.69) is 35.2 Å². The lowest BCUT2D eigenvalue weighted by molar-refractivity contribution is 0.193. The van der Waals surface area contributed by atoms with Crippen LogP contribution in [0.4, 0.5) is 5.82 Å². The average molecular weight is 258 g/mol. The van der Waals surface area contributed by atoms with Crippen LogP contribution in [0.25, 0.3) is 11.2 Å². The summed E-state index contributed by atoms with van der Waals surface area (Å²) in [5.74, 6) is 2.50. The first kappa shape index (κ1) is 12.5. The quantitative estimate of drug-likeness (QED) is 0.864. The van der Waals surface area contributed by atoms with Gasteiger partial charge in [-0.05, 0) is 30.4 Å². The van der Waals surface area contributed by atoms with E-state index in [1.807, 2.05) is 13.1 Å². The zero-order chi connectivity index (χ0) is 13.5. The number of H-pyrrole nitrogens is 1. The lowest BCUT2D eigenvalue weighted by atomic mass is 9.68. The molecular formula is C15H22N4. The van der Waals surface area contributed by atoms with Gasteiger partial charge in [-0.3, -0.25) is 0 Å². The SMILES string of the molecule is CNc1ccc2[nH]c(C3CCCCC3(C)C)nc2n1. The summed E-state index contributed by atoms with van der Waals surface area (Å²) in [4.78, 5) is 12.7. The van der Waals surface area contributed by atoms with Gasteiger partial charge in [0.25, 0.3) is 0 Å². The van der Waals surface area contributed by atoms with Crippen LogP contribution in [-0.4, -0.2) is 22.0 Å². The minimum Gasteiger partial charge on any atom is -0.373 e. The fourth-order valence-electron chi connectivity index (χ4n) is 3.22. The molecule has 1 atom stereocenters. The number of aromatic nitrogens is 3. The zero-order valence-electron chi connectivity index (χ0n) is 12.0. The second kappa shape index (κ2) is 4.51. The standard InChI is InChI=1S/C15H22N4/c1-15(2)9-5-4-6-10(15)13-17-11-7-8-12(16-3)18-14(11)19-13/h7-8,10H,4-6,9H2,1-3H3,(H2,16,17,18,19). The van der Waals surface area contributed by atoms with Crippen LogP contribution in [0.2, 0.25) is 0 Å². The highest BCUT2D eigenvalue weighted by Gasteiger charge is 2.35. The summed E-state index contributed by atoms with van der Waals surface area (Å²) in [6.07, 6.45) is 5.15. The Balaban J connectivity index is 2.00. The number of nitrogens with zero attached hydrogens (tertiary/aromatic N) is 2. The summed E-state index contributed by atoms with van der Waals surface area (Å²) in [5, 5.41) is 3.06. The van der Waals surface area contributed by atoms with Crippen molar-refractivity contribution in [2.75, 3.05) is 12.4 Å². The van der Waals surface area contributed by atoms with Crippen molar-refractivity contribution in [3.8, 4) is 0 Å². The molecule has 0 aliphatic heterocycles. The molecule has 0 aromatic carbocycles. The van der Waals surface area contributed by atoms with Crippen LogP contribution in [-0.2, 0) is 0 Å². The normalized spacial score (nSPS) is 22.6. The molecule has 1 unspecified atom stereocenters. The predicted octanol–water partition coefficient (Wildman–Crippen LogP) is 3.68. The second-order valence-corrected chi connectivity index (χ2v) is 6.23. The van der Waals surface area contributed by atoms with Crippen LogP contribution in [0.5, 0.6) is 0 Å². The highest BCUT2D eigenvalue weighted by molar-refractivity contribution is 5.73. The fraction of sp³-hybridized carbons (Fsp3) is 0.600. The van der Waals surface area contributed by atoms with Gasteiger partial charge >= 0.3 is 0 Å². The van der Waals surface area contributed by atoms with Gasteiger partial charge < -0.3 is 10.3 Å². The maximum absolute atomic E-state index is 4.73. The van der Waals surface area contributed by atoms with Gasteiger partial charge in [0.15, 0.2) is 5.65 Å². The van der Waals surface area contributed by atoms with Gasteiger partial charge in [0.05, 0.1) is 5.52 Å². The third-order valence-corrected chi connectivity index (χ3v) is 4.46. The number of aromatic amines is 1. The van der Waals surface area contributed by atoms with Gasteiger partial charge in [-0.1, -0.05) is 26.7 Å². The molecule has 0 spiro atoms. The summed E-state index contributed by atoms with van der Waals surface area (Å²) in [5.41, 5.74) is 2.19. The van der Waals surface area contributed by atoms with E-state index in [1.54, 1.807) is 0 Å². The lowest BCUT2D eigenvalue weighted by Crippen LogP contribution is -2.26. The van der Waals surface area contributed by atoms with E-state index in [0.717, 1.165) is 22.8 Å². The van der Waals surface area contributed by atoms with Crippen molar-refractivity contribution in [2.24, 2.45) is 5.41 Å². The van der Waals surface area contributed by atoms with Crippen molar-refractivity contribution in [1.82, 2.24) is 15.0 Å². The van der Waals surface area contributed by atoms with Gasteiger partial charge in [0, 0.05) is 13.0 Å². The lowest BCUT2D eigenvalue weighted by Gasteiger charge is -2.37. The van der Waals surface area contributed by atoms with Crippen LogP contribution >= 0.6 is 0 Å². The van der Waals surface area contributed by atoms with Crippen molar-refractivity contribution < 1.29 is 0 Å². The number of anilines is 1. The van der Waals surface area contributed by atoms with E-state index in [1.165, 1.54) is 25.7 Å². The molecule has 3 rings (SSSR count). The number of nitrogens with one attached hydrogen (secondary N) is 2. The second-order valence-electron chi connectivity index (χ2n) is 6.23. The van der Waals surface area contributed by atoms with Crippen molar-refractivity contribution in [1.29, 1.82) is 0 Å². The van der Waals surface area contributed by atoms with Gasteiger partial charge in [-0.25, -0.2) is 9.97 Å². The molecule has 1 fully saturated rings. The van der Waals surface area contributed by atoms with Crippen LogP contribution in [0, 0.1) is 5.41 Å². The molecule has 1 saturated carbocycles. The largest absolute Gasteiger partial charge is 0.373 e. The first-order valence-electron chi connectivity index (χ1n) is 7.14. The fourth-order valence-corrected chi connectivity index (χ4v) is 3.22. The van der Waals surface area contributed by atoms with Crippen molar-refractivity contribution >= 4 is 17.0 Å². The summed E-state index contributed by atoms with van der Waals surface area (Å²) in [6.45, 7) is 4.72. The Morgan fingerprint density at radius 3 is 2.84 bits per heavy atom. The smallest absolute Gasteiger partial charge is 0.179 e. The molecule has 0 amide bonds. The number of rotatable bonds is 2. The van der Waals surface area contributed by atoms with E-state index < -0.39 is 0 Å². The Morgan fingerprint density at radius 1 is 1.26 bits per heavy atom. The van der Waals surface area contributed by atoms with E-state index in [4.69, 9.17) is 4.98 Å². The summed E-state index contributed by atoms with van der Waals surface area (Å²) in [7, 11) is 1.88. The van der Waals surface area contributed by atoms with Crippen LogP contribution in [0.1, 0.15) is 51.3 Å². The first-order valence-corrected chi connectivity index (χ1v) is 7.14. The molecule has 2 N–H and O–H groups in total. The minimum atomic E-state index is 0.331. The highest BCUT2D eigenvalue weighted by atomic mass is 15.0. The molecular weight excluding hydrogens is 236 g/mol. The van der Waals surface area contributed by atoms with E-state index in [-0.39, 0.29) is 0 Å². The Bertz CT molecular complexity index is 585. The number of hydrogen-bond acceptors (Lipinski definition) is 3. The number of hydrogen-bond donors (Lipinski definition) is 2. The van der Waals surface area contributed by atoms with Crippen molar-refractivity contribution in [3.05, 3.63) is 18.0 Å². The topological polar surface area (TPSA) is 53.6 Å². The molecule has 19 heavy (non-hydrogen) atoms. The Morgan fingerprint density at radius 2 is 2.11 bits per heavy atom. The van der Waals surface area contributed by atoms with Gasteiger partial charge in [0.1, 0.15) is 11.6 Å². The average Bonchev–Trinajstić information content (AvgIpc) is 2.80. The molecule has 1 aliphatic rings. The Labute approximate surface area is 114 Å². The molecule has 0 saturated heterocycles. The Hall–Kier alpha value is -1.58. The van der Waals surface area contributed by atoms with Gasteiger partial charge in [0.2, 0.25) is 0 Å². The highest BCUT2D eigenvalue weighted by Crippen LogP contribution is 2.45. The molecule has 4 nitrogen and oxygen atoms in total. The molecule has 2 aromatic heterocycles. The predicted molar refractivity (Wildman–Crippen MR) is 78.4 cm³/mol. The molecule has 4 heteroatoms. The third-order valence-electron chi connectivity index (χ3n) is 4.46. The van der Waals surface area contributed by atoms with Crippen LogP contribution in [0.15, 0.2) is 12.1 Å². The van der Waals surface area contributed by atoms with E-state index >= 15 is 0 Å². The number of pyridine rings is 1. The maximum Gasteiger partial charge on any atom is 0.179 e.